The summed E-state index contributed by atoms with van der Waals surface area (Å²) in [6, 6.07) is 0. The van der Waals surface area contributed by atoms with E-state index in [1.54, 1.807) is 0 Å². The summed E-state index contributed by atoms with van der Waals surface area (Å²) in [6.07, 6.45) is -1.15. The lowest BCUT2D eigenvalue weighted by Crippen LogP contribution is -2.48. The molecule has 1 saturated heterocycles. The highest BCUT2D eigenvalue weighted by Crippen LogP contribution is 2.27. The van der Waals surface area contributed by atoms with Gasteiger partial charge in [0.25, 0.3) is 0 Å². The van der Waals surface area contributed by atoms with Crippen LogP contribution in [0.3, 0.4) is 0 Å². The number of methoxy groups -OCH3 is 2. The van der Waals surface area contributed by atoms with Crippen LogP contribution in [0.5, 0.6) is 0 Å². The van der Waals surface area contributed by atoms with Gasteiger partial charge in [-0.15, -0.1) is 0 Å². The Hall–Kier alpha value is -0.650. The van der Waals surface area contributed by atoms with Crippen LogP contribution >= 0.6 is 0 Å². The van der Waals surface area contributed by atoms with Crippen molar-refractivity contribution >= 4 is 5.97 Å². The van der Waals surface area contributed by atoms with Crippen LogP contribution < -0.4 is 0 Å². The molecule has 1 rings (SSSR count). The van der Waals surface area contributed by atoms with Gasteiger partial charge in [0.05, 0.1) is 6.10 Å². The molecule has 0 aliphatic carbocycles. The van der Waals surface area contributed by atoms with Gasteiger partial charge >= 0.3 is 5.97 Å². The molecular weight excluding hydrogens is 188 g/mol. The highest BCUT2D eigenvalue weighted by molar-refractivity contribution is 5.73. The Morgan fingerprint density at radius 1 is 1.43 bits per heavy atom. The Balaban J connectivity index is 2.68. The fourth-order valence-electron chi connectivity index (χ4n) is 1.69. The molecule has 0 aromatic carbocycles. The van der Waals surface area contributed by atoms with Gasteiger partial charge in [-0.1, -0.05) is 6.92 Å². The SMILES string of the molecule is COC1O[C@H](C(=O)O)[C@@H](OC)C[C@H]1C. The number of carbonyl (C=O) groups is 1. The number of ether oxygens (including phenoxy) is 3. The van der Waals surface area contributed by atoms with E-state index in [0.717, 1.165) is 0 Å². The zero-order valence-electron chi connectivity index (χ0n) is 8.60. The summed E-state index contributed by atoms with van der Waals surface area (Å²) in [4.78, 5) is 10.8. The van der Waals surface area contributed by atoms with E-state index in [-0.39, 0.29) is 5.92 Å². The topological polar surface area (TPSA) is 65.0 Å². The van der Waals surface area contributed by atoms with Gasteiger partial charge < -0.3 is 19.3 Å². The van der Waals surface area contributed by atoms with Gasteiger partial charge in [-0.3, -0.25) is 0 Å². The van der Waals surface area contributed by atoms with Crippen molar-refractivity contribution in [3.63, 3.8) is 0 Å². The quantitative estimate of drug-likeness (QED) is 0.724. The number of aliphatic carboxylic acids is 1. The predicted octanol–water partition coefficient (Wildman–Crippen LogP) is 0.484. The van der Waals surface area contributed by atoms with Crippen molar-refractivity contribution in [3.05, 3.63) is 0 Å². The minimum Gasteiger partial charge on any atom is -0.479 e. The van der Waals surface area contributed by atoms with Gasteiger partial charge in [0.15, 0.2) is 12.4 Å². The molecule has 0 saturated carbocycles. The summed E-state index contributed by atoms with van der Waals surface area (Å²) < 4.78 is 15.4. The lowest BCUT2D eigenvalue weighted by molar-refractivity contribution is -0.242. The number of carboxylic acid groups (broad SMARTS) is 1. The third kappa shape index (κ3) is 2.23. The minimum atomic E-state index is -1.01. The second kappa shape index (κ2) is 4.72. The van der Waals surface area contributed by atoms with E-state index in [0.29, 0.717) is 6.42 Å². The van der Waals surface area contributed by atoms with Gasteiger partial charge in [0, 0.05) is 20.1 Å². The first-order valence-electron chi connectivity index (χ1n) is 4.54. The number of hydrogen-bond acceptors (Lipinski definition) is 4. The predicted molar refractivity (Wildman–Crippen MR) is 47.9 cm³/mol. The highest BCUT2D eigenvalue weighted by atomic mass is 16.7. The van der Waals surface area contributed by atoms with Crippen molar-refractivity contribution < 1.29 is 24.1 Å². The zero-order chi connectivity index (χ0) is 10.7. The van der Waals surface area contributed by atoms with Gasteiger partial charge in [0.1, 0.15) is 0 Å². The monoisotopic (exact) mass is 204 g/mol. The molecule has 82 valence electrons. The van der Waals surface area contributed by atoms with Crippen LogP contribution in [0.15, 0.2) is 0 Å². The smallest absolute Gasteiger partial charge is 0.335 e. The molecule has 1 unspecified atom stereocenters. The summed E-state index contributed by atoms with van der Waals surface area (Å²) >= 11 is 0. The number of rotatable bonds is 3. The maximum Gasteiger partial charge on any atom is 0.335 e. The maximum atomic E-state index is 10.8. The van der Waals surface area contributed by atoms with Crippen molar-refractivity contribution in [2.75, 3.05) is 14.2 Å². The van der Waals surface area contributed by atoms with E-state index < -0.39 is 24.5 Å². The molecule has 0 bridgehead atoms. The van der Waals surface area contributed by atoms with Crippen molar-refractivity contribution in [2.45, 2.75) is 31.8 Å². The average Bonchev–Trinajstić information content (AvgIpc) is 2.16. The molecule has 14 heavy (non-hydrogen) atoms. The van der Waals surface area contributed by atoms with Crippen LogP contribution in [-0.4, -0.2) is 43.8 Å². The standard InChI is InChI=1S/C9H16O5/c1-5-4-6(12-2)7(8(10)11)14-9(5)13-3/h5-7,9H,4H2,1-3H3,(H,10,11)/t5-,6+,7+,9?/m1/s1. The van der Waals surface area contributed by atoms with Crippen molar-refractivity contribution in [2.24, 2.45) is 5.92 Å². The van der Waals surface area contributed by atoms with Gasteiger partial charge in [-0.05, 0) is 6.42 Å². The Morgan fingerprint density at radius 3 is 2.50 bits per heavy atom. The zero-order valence-corrected chi connectivity index (χ0v) is 8.60. The van der Waals surface area contributed by atoms with E-state index >= 15 is 0 Å². The van der Waals surface area contributed by atoms with E-state index in [1.165, 1.54) is 14.2 Å². The Morgan fingerprint density at radius 2 is 2.07 bits per heavy atom. The largest absolute Gasteiger partial charge is 0.479 e. The molecule has 0 aromatic heterocycles. The summed E-state index contributed by atoms with van der Waals surface area (Å²) in [7, 11) is 3.00. The van der Waals surface area contributed by atoms with Crippen LogP contribution in [0.25, 0.3) is 0 Å². The van der Waals surface area contributed by atoms with Crippen LogP contribution in [0, 0.1) is 5.92 Å². The van der Waals surface area contributed by atoms with E-state index in [1.807, 2.05) is 6.92 Å². The molecule has 5 nitrogen and oxygen atoms in total. The van der Waals surface area contributed by atoms with Crippen LogP contribution in [0.4, 0.5) is 0 Å². The summed E-state index contributed by atoms with van der Waals surface area (Å²) in [6.45, 7) is 1.94. The number of hydrogen-bond donors (Lipinski definition) is 1. The summed E-state index contributed by atoms with van der Waals surface area (Å²) in [5.74, 6) is -0.869. The Labute approximate surface area is 82.9 Å². The molecular formula is C9H16O5. The minimum absolute atomic E-state index is 0.139. The van der Waals surface area contributed by atoms with Crippen LogP contribution in [0.2, 0.25) is 0 Å². The molecule has 1 aliphatic rings. The normalized spacial score (nSPS) is 38.2. The molecule has 5 heteroatoms. The third-order valence-corrected chi connectivity index (χ3v) is 2.47. The lowest BCUT2D eigenvalue weighted by atomic mass is 9.96. The average molecular weight is 204 g/mol. The molecule has 0 amide bonds. The second-order valence-electron chi connectivity index (χ2n) is 3.49. The van der Waals surface area contributed by atoms with E-state index in [4.69, 9.17) is 19.3 Å². The Bertz CT molecular complexity index is 205. The highest BCUT2D eigenvalue weighted by Gasteiger charge is 2.40. The van der Waals surface area contributed by atoms with Crippen molar-refractivity contribution in [3.8, 4) is 0 Å². The van der Waals surface area contributed by atoms with Crippen molar-refractivity contribution in [1.29, 1.82) is 0 Å². The maximum absolute atomic E-state index is 10.8. The third-order valence-electron chi connectivity index (χ3n) is 2.47. The fourth-order valence-corrected chi connectivity index (χ4v) is 1.69. The molecule has 0 radical (unpaired) electrons. The molecule has 0 aromatic rings. The second-order valence-corrected chi connectivity index (χ2v) is 3.49. The van der Waals surface area contributed by atoms with Gasteiger partial charge in [0.2, 0.25) is 0 Å². The van der Waals surface area contributed by atoms with E-state index in [2.05, 4.69) is 0 Å². The molecule has 0 spiro atoms. The molecule has 1 aliphatic heterocycles. The van der Waals surface area contributed by atoms with Crippen LogP contribution in [-0.2, 0) is 19.0 Å². The molecule has 4 atom stereocenters. The molecule has 1 heterocycles. The van der Waals surface area contributed by atoms with E-state index in [9.17, 15) is 4.79 Å². The first-order chi connectivity index (χ1) is 6.60. The lowest BCUT2D eigenvalue weighted by Gasteiger charge is -2.36. The van der Waals surface area contributed by atoms with Crippen molar-refractivity contribution in [1.82, 2.24) is 0 Å². The molecule has 1 fully saturated rings. The van der Waals surface area contributed by atoms with Gasteiger partial charge in [-0.25, -0.2) is 4.79 Å². The first kappa shape index (κ1) is 11.4. The summed E-state index contributed by atoms with van der Waals surface area (Å²) in [5.41, 5.74) is 0. The van der Waals surface area contributed by atoms with Gasteiger partial charge in [-0.2, -0.15) is 0 Å². The molecule has 1 N–H and O–H groups in total. The fraction of sp³-hybridized carbons (Fsp3) is 0.889. The number of carboxylic acids is 1. The Kier molecular flexibility index (Phi) is 3.86. The summed E-state index contributed by atoms with van der Waals surface area (Å²) in [5, 5.41) is 8.88. The first-order valence-corrected chi connectivity index (χ1v) is 4.54. The van der Waals surface area contributed by atoms with Crippen LogP contribution in [0.1, 0.15) is 13.3 Å².